The maximum absolute atomic E-state index is 12.3. The van der Waals surface area contributed by atoms with Crippen molar-refractivity contribution >= 4 is 29.4 Å². The standard InChI is InChI=1S/C20H21ClN4O3/c21-18-6-4-15(5-7-18)14-24-10-8-17(9-11-24)20(26)23-22-13-16-2-1-3-19(12-16)25(27)28/h1-7,12-13,17H,8-11,14H2,(H,23,26). The molecule has 0 atom stereocenters. The van der Waals surface area contributed by atoms with Crippen LogP contribution >= 0.6 is 11.6 Å². The zero-order valence-electron chi connectivity index (χ0n) is 15.3. The zero-order chi connectivity index (χ0) is 19.9. The van der Waals surface area contributed by atoms with Gasteiger partial charge in [-0.2, -0.15) is 5.10 Å². The fourth-order valence-electron chi connectivity index (χ4n) is 3.18. The molecule has 1 aliphatic heterocycles. The van der Waals surface area contributed by atoms with Gasteiger partial charge in [0.15, 0.2) is 0 Å². The molecule has 1 heterocycles. The van der Waals surface area contributed by atoms with Crippen LogP contribution < -0.4 is 5.43 Å². The summed E-state index contributed by atoms with van der Waals surface area (Å²) in [6, 6.07) is 13.9. The molecule has 7 nitrogen and oxygen atoms in total. The molecule has 0 aliphatic carbocycles. The van der Waals surface area contributed by atoms with Crippen LogP contribution in [0.3, 0.4) is 0 Å². The first-order valence-electron chi connectivity index (χ1n) is 9.05. The highest BCUT2D eigenvalue weighted by atomic mass is 35.5. The van der Waals surface area contributed by atoms with Gasteiger partial charge in [0.1, 0.15) is 0 Å². The van der Waals surface area contributed by atoms with E-state index < -0.39 is 4.92 Å². The number of nitro groups is 1. The van der Waals surface area contributed by atoms with E-state index in [1.165, 1.54) is 23.9 Å². The topological polar surface area (TPSA) is 87.8 Å². The molecule has 1 saturated heterocycles. The number of benzene rings is 2. The molecule has 2 aromatic carbocycles. The summed E-state index contributed by atoms with van der Waals surface area (Å²) in [5.41, 5.74) is 4.30. The second-order valence-corrected chi connectivity index (χ2v) is 7.20. The van der Waals surface area contributed by atoms with Gasteiger partial charge in [0.05, 0.1) is 11.1 Å². The number of likely N-dealkylation sites (tertiary alicyclic amines) is 1. The Kier molecular flexibility index (Phi) is 6.73. The molecule has 0 aromatic heterocycles. The summed E-state index contributed by atoms with van der Waals surface area (Å²) in [6.07, 6.45) is 2.96. The molecule has 2 aromatic rings. The summed E-state index contributed by atoms with van der Waals surface area (Å²) < 4.78 is 0. The molecule has 0 radical (unpaired) electrons. The van der Waals surface area contributed by atoms with Crippen LogP contribution in [0.25, 0.3) is 0 Å². The van der Waals surface area contributed by atoms with Crippen molar-refractivity contribution in [3.63, 3.8) is 0 Å². The van der Waals surface area contributed by atoms with Crippen LogP contribution in [0.15, 0.2) is 53.6 Å². The number of piperidine rings is 1. The monoisotopic (exact) mass is 400 g/mol. The molecule has 0 bridgehead atoms. The fourth-order valence-corrected chi connectivity index (χ4v) is 3.31. The van der Waals surface area contributed by atoms with Gasteiger partial charge in [-0.25, -0.2) is 5.43 Å². The van der Waals surface area contributed by atoms with Gasteiger partial charge in [-0.05, 0) is 43.6 Å². The van der Waals surface area contributed by atoms with Gasteiger partial charge in [-0.1, -0.05) is 35.9 Å². The van der Waals surface area contributed by atoms with E-state index in [0.29, 0.717) is 5.56 Å². The lowest BCUT2D eigenvalue weighted by atomic mass is 9.96. The Labute approximate surface area is 168 Å². The Morgan fingerprint density at radius 3 is 2.64 bits per heavy atom. The second-order valence-electron chi connectivity index (χ2n) is 6.76. The Hall–Kier alpha value is -2.77. The van der Waals surface area contributed by atoms with Crippen LogP contribution in [0.2, 0.25) is 5.02 Å². The molecule has 1 aliphatic rings. The maximum Gasteiger partial charge on any atom is 0.270 e. The summed E-state index contributed by atoms with van der Waals surface area (Å²) >= 11 is 5.91. The first kappa shape index (κ1) is 20.0. The number of nitrogens with one attached hydrogen (secondary N) is 1. The van der Waals surface area contributed by atoms with Gasteiger partial charge in [-0.15, -0.1) is 0 Å². The van der Waals surface area contributed by atoms with Crippen molar-refractivity contribution < 1.29 is 9.72 Å². The van der Waals surface area contributed by atoms with Crippen molar-refractivity contribution in [1.29, 1.82) is 0 Å². The average Bonchev–Trinajstić information content (AvgIpc) is 2.70. The third-order valence-corrected chi connectivity index (χ3v) is 5.00. The van der Waals surface area contributed by atoms with Gasteiger partial charge < -0.3 is 0 Å². The normalized spacial score (nSPS) is 15.6. The first-order valence-corrected chi connectivity index (χ1v) is 9.43. The van der Waals surface area contributed by atoms with E-state index in [-0.39, 0.29) is 17.5 Å². The third-order valence-electron chi connectivity index (χ3n) is 4.75. The third kappa shape index (κ3) is 5.61. The second kappa shape index (κ2) is 9.43. The molecule has 1 N–H and O–H groups in total. The highest BCUT2D eigenvalue weighted by Crippen LogP contribution is 2.20. The van der Waals surface area contributed by atoms with Crippen molar-refractivity contribution in [1.82, 2.24) is 10.3 Å². The molecular weight excluding hydrogens is 380 g/mol. The minimum Gasteiger partial charge on any atom is -0.299 e. The predicted molar refractivity (Wildman–Crippen MR) is 108 cm³/mol. The highest BCUT2D eigenvalue weighted by molar-refractivity contribution is 6.30. The number of nitro benzene ring substituents is 1. The van der Waals surface area contributed by atoms with Gasteiger partial charge >= 0.3 is 0 Å². The number of carbonyl (C=O) groups excluding carboxylic acids is 1. The van der Waals surface area contributed by atoms with Crippen LogP contribution in [0.5, 0.6) is 0 Å². The highest BCUT2D eigenvalue weighted by Gasteiger charge is 2.24. The van der Waals surface area contributed by atoms with E-state index in [0.717, 1.165) is 37.5 Å². The lowest BCUT2D eigenvalue weighted by molar-refractivity contribution is -0.384. The molecule has 0 unspecified atom stereocenters. The number of amides is 1. The van der Waals surface area contributed by atoms with Gasteiger partial charge in [0, 0.05) is 35.2 Å². The molecule has 146 valence electrons. The number of hydrogen-bond acceptors (Lipinski definition) is 5. The van der Waals surface area contributed by atoms with E-state index >= 15 is 0 Å². The summed E-state index contributed by atoms with van der Waals surface area (Å²) in [5, 5.41) is 15.4. The van der Waals surface area contributed by atoms with Crippen molar-refractivity contribution in [2.75, 3.05) is 13.1 Å². The maximum atomic E-state index is 12.3. The molecule has 1 amide bonds. The number of non-ortho nitro benzene ring substituents is 1. The van der Waals surface area contributed by atoms with E-state index in [9.17, 15) is 14.9 Å². The molecule has 0 saturated carbocycles. The smallest absolute Gasteiger partial charge is 0.270 e. The molecule has 3 rings (SSSR count). The van der Waals surface area contributed by atoms with Crippen LogP contribution in [0, 0.1) is 16.0 Å². The van der Waals surface area contributed by atoms with Crippen LogP contribution in [0.1, 0.15) is 24.0 Å². The van der Waals surface area contributed by atoms with Crippen LogP contribution in [0.4, 0.5) is 5.69 Å². The molecule has 0 spiro atoms. The van der Waals surface area contributed by atoms with Crippen molar-refractivity contribution in [2.24, 2.45) is 11.0 Å². The number of halogens is 1. The number of nitrogens with zero attached hydrogens (tertiary/aromatic N) is 3. The van der Waals surface area contributed by atoms with Gasteiger partial charge in [0.25, 0.3) is 5.69 Å². The van der Waals surface area contributed by atoms with E-state index in [2.05, 4.69) is 15.4 Å². The Morgan fingerprint density at radius 1 is 1.25 bits per heavy atom. The van der Waals surface area contributed by atoms with E-state index in [1.54, 1.807) is 12.1 Å². The van der Waals surface area contributed by atoms with Gasteiger partial charge in [0.2, 0.25) is 5.91 Å². The van der Waals surface area contributed by atoms with Crippen molar-refractivity contribution in [2.45, 2.75) is 19.4 Å². The van der Waals surface area contributed by atoms with Crippen molar-refractivity contribution in [3.05, 3.63) is 74.8 Å². The van der Waals surface area contributed by atoms with E-state index in [4.69, 9.17) is 11.6 Å². The fraction of sp³-hybridized carbons (Fsp3) is 0.300. The van der Waals surface area contributed by atoms with Gasteiger partial charge in [-0.3, -0.25) is 19.8 Å². The summed E-state index contributed by atoms with van der Waals surface area (Å²) in [7, 11) is 0. The number of rotatable bonds is 6. The van der Waals surface area contributed by atoms with Crippen LogP contribution in [-0.2, 0) is 11.3 Å². The Morgan fingerprint density at radius 2 is 1.96 bits per heavy atom. The molecule has 8 heteroatoms. The quantitative estimate of drug-likeness (QED) is 0.455. The SMILES string of the molecule is O=C(NN=Cc1cccc([N+](=O)[O-])c1)C1CCN(Cc2ccc(Cl)cc2)CC1. The molecular formula is C20H21ClN4O3. The number of hydrogen-bond donors (Lipinski definition) is 1. The Bertz CT molecular complexity index is 862. The van der Waals surface area contributed by atoms with Crippen LogP contribution in [-0.4, -0.2) is 35.0 Å². The summed E-state index contributed by atoms with van der Waals surface area (Å²) in [6.45, 7) is 2.53. The lowest BCUT2D eigenvalue weighted by Crippen LogP contribution is -2.39. The lowest BCUT2D eigenvalue weighted by Gasteiger charge is -2.30. The molecule has 28 heavy (non-hydrogen) atoms. The predicted octanol–water partition coefficient (Wildman–Crippen LogP) is 3.61. The summed E-state index contributed by atoms with van der Waals surface area (Å²) in [5.74, 6) is -0.198. The number of hydrazone groups is 1. The number of carbonyl (C=O) groups is 1. The van der Waals surface area contributed by atoms with E-state index in [1.807, 2.05) is 24.3 Å². The molecule has 1 fully saturated rings. The zero-order valence-corrected chi connectivity index (χ0v) is 16.0. The summed E-state index contributed by atoms with van der Waals surface area (Å²) in [4.78, 5) is 24.9. The van der Waals surface area contributed by atoms with Crippen molar-refractivity contribution in [3.8, 4) is 0 Å². The average molecular weight is 401 g/mol. The first-order chi connectivity index (χ1) is 13.5. The Balaban J connectivity index is 1.45. The minimum absolute atomic E-state index is 0.0108. The minimum atomic E-state index is -0.465. The largest absolute Gasteiger partial charge is 0.299 e.